The van der Waals surface area contributed by atoms with Gasteiger partial charge >= 0.3 is 0 Å². The molecule has 1 nitrogen and oxygen atoms in total. The molecule has 0 spiro atoms. The Balaban J connectivity index is 4.50. The van der Waals surface area contributed by atoms with Gasteiger partial charge < -0.3 is 5.11 Å². The maximum absolute atomic E-state index is 8.77. The summed E-state index contributed by atoms with van der Waals surface area (Å²) < 4.78 is 0. The second-order valence-electron chi connectivity index (χ2n) is 1.66. The van der Waals surface area contributed by atoms with Gasteiger partial charge in [-0.3, -0.25) is 0 Å². The maximum atomic E-state index is 8.77. The lowest BCUT2D eigenvalue weighted by Gasteiger charge is -2.01. The Hall–Kier alpha value is -0.470. The first-order valence-corrected chi connectivity index (χ1v) is 4.15. The summed E-state index contributed by atoms with van der Waals surface area (Å²) in [6.07, 6.45) is 5.31. The molecule has 0 aliphatic rings. The summed E-state index contributed by atoms with van der Waals surface area (Å²) in [5.74, 6) is 0. The predicted molar refractivity (Wildman–Crippen MR) is 48.0 cm³/mol. The van der Waals surface area contributed by atoms with Crippen LogP contribution in [0.4, 0.5) is 0 Å². The first-order chi connectivity index (χ1) is 4.79. The molecule has 2 heteroatoms. The van der Waals surface area contributed by atoms with Crippen molar-refractivity contribution in [2.45, 2.75) is 0 Å². The summed E-state index contributed by atoms with van der Waals surface area (Å²) >= 11 is 1.56. The maximum Gasteiger partial charge on any atom is 0.0692 e. The second kappa shape index (κ2) is 5.33. The first-order valence-electron chi connectivity index (χ1n) is 2.93. The molecule has 0 aliphatic heterocycles. The van der Waals surface area contributed by atoms with Gasteiger partial charge in [-0.2, -0.15) is 0 Å². The van der Waals surface area contributed by atoms with Crippen LogP contribution in [-0.2, 0) is 0 Å². The number of rotatable bonds is 4. The average molecular weight is 156 g/mol. The van der Waals surface area contributed by atoms with Crippen molar-refractivity contribution in [3.05, 3.63) is 35.8 Å². The fourth-order valence-corrected chi connectivity index (χ4v) is 1.17. The molecule has 0 saturated carbocycles. The molecule has 0 aromatic heterocycles. The van der Waals surface area contributed by atoms with Crippen molar-refractivity contribution in [3.8, 4) is 0 Å². The molecule has 0 aromatic carbocycles. The van der Waals surface area contributed by atoms with Crippen molar-refractivity contribution in [2.24, 2.45) is 0 Å². The fourth-order valence-electron chi connectivity index (χ4n) is 0.589. The molecule has 0 rings (SSSR count). The molecule has 0 radical (unpaired) electrons. The monoisotopic (exact) mass is 156 g/mol. The van der Waals surface area contributed by atoms with Crippen LogP contribution in [-0.4, -0.2) is 18.0 Å². The summed E-state index contributed by atoms with van der Waals surface area (Å²) in [7, 11) is 0. The van der Waals surface area contributed by atoms with E-state index >= 15 is 0 Å². The SMILES string of the molecule is C=C/C(CO)=C(\C=C)SC. The molecule has 56 valence electrons. The quantitative estimate of drug-likeness (QED) is 0.628. The summed E-state index contributed by atoms with van der Waals surface area (Å²) in [6.45, 7) is 7.21. The van der Waals surface area contributed by atoms with Crippen molar-refractivity contribution < 1.29 is 5.11 Å². The number of hydrogen-bond acceptors (Lipinski definition) is 2. The highest BCUT2D eigenvalue weighted by Gasteiger charge is 1.95. The Bertz CT molecular complexity index is 141. The third-order valence-electron chi connectivity index (χ3n) is 1.14. The van der Waals surface area contributed by atoms with Gasteiger partial charge in [0.25, 0.3) is 0 Å². The Morgan fingerprint density at radius 3 is 2.20 bits per heavy atom. The molecule has 0 saturated heterocycles. The molecule has 0 amide bonds. The van der Waals surface area contributed by atoms with Crippen molar-refractivity contribution in [3.63, 3.8) is 0 Å². The van der Waals surface area contributed by atoms with Crippen LogP contribution < -0.4 is 0 Å². The highest BCUT2D eigenvalue weighted by Crippen LogP contribution is 2.17. The summed E-state index contributed by atoms with van der Waals surface area (Å²) in [5.41, 5.74) is 0.836. The van der Waals surface area contributed by atoms with E-state index in [1.165, 1.54) is 0 Å². The van der Waals surface area contributed by atoms with Gasteiger partial charge in [-0.05, 0) is 11.8 Å². The molecule has 10 heavy (non-hydrogen) atoms. The van der Waals surface area contributed by atoms with Crippen molar-refractivity contribution in [2.75, 3.05) is 12.9 Å². The molecule has 0 unspecified atom stereocenters. The lowest BCUT2D eigenvalue weighted by atomic mass is 10.2. The van der Waals surface area contributed by atoms with E-state index in [4.69, 9.17) is 5.11 Å². The van der Waals surface area contributed by atoms with E-state index in [2.05, 4.69) is 13.2 Å². The van der Waals surface area contributed by atoms with E-state index in [1.807, 2.05) is 6.26 Å². The number of thioether (sulfide) groups is 1. The van der Waals surface area contributed by atoms with Gasteiger partial charge in [-0.25, -0.2) is 0 Å². The second-order valence-corrected chi connectivity index (χ2v) is 2.51. The average Bonchev–Trinajstić information content (AvgIpc) is 2.00. The van der Waals surface area contributed by atoms with Crippen LogP contribution in [0.15, 0.2) is 35.8 Å². The predicted octanol–water partition coefficient (Wildman–Crippen LogP) is 1.97. The topological polar surface area (TPSA) is 20.2 Å². The number of aliphatic hydroxyl groups is 1. The van der Waals surface area contributed by atoms with Crippen molar-refractivity contribution >= 4 is 11.8 Å². The minimum absolute atomic E-state index is 0.0334. The lowest BCUT2D eigenvalue weighted by molar-refractivity contribution is 0.335. The summed E-state index contributed by atoms with van der Waals surface area (Å²) in [5, 5.41) is 8.77. The van der Waals surface area contributed by atoms with Crippen LogP contribution in [0.3, 0.4) is 0 Å². The van der Waals surface area contributed by atoms with Crippen molar-refractivity contribution in [1.29, 1.82) is 0 Å². The van der Waals surface area contributed by atoms with Gasteiger partial charge in [0.1, 0.15) is 0 Å². The van der Waals surface area contributed by atoms with Crippen molar-refractivity contribution in [1.82, 2.24) is 0 Å². The van der Waals surface area contributed by atoms with E-state index in [0.717, 1.165) is 10.5 Å². The third kappa shape index (κ3) is 2.42. The minimum Gasteiger partial charge on any atom is -0.392 e. The van der Waals surface area contributed by atoms with Crippen LogP contribution in [0.25, 0.3) is 0 Å². The molecule has 0 heterocycles. The third-order valence-corrected chi connectivity index (χ3v) is 2.01. The zero-order valence-corrected chi connectivity index (χ0v) is 6.95. The van der Waals surface area contributed by atoms with E-state index in [9.17, 15) is 0 Å². The molecule has 0 aromatic rings. The number of aliphatic hydroxyl groups excluding tert-OH is 1. The van der Waals surface area contributed by atoms with E-state index in [1.54, 1.807) is 23.9 Å². The van der Waals surface area contributed by atoms with E-state index < -0.39 is 0 Å². The Labute approximate surface area is 66.1 Å². The van der Waals surface area contributed by atoms with Crippen LogP contribution >= 0.6 is 11.8 Å². The zero-order chi connectivity index (χ0) is 7.98. The first kappa shape index (κ1) is 9.53. The molecule has 0 bridgehead atoms. The van der Waals surface area contributed by atoms with Gasteiger partial charge in [0.05, 0.1) is 6.61 Å². The van der Waals surface area contributed by atoms with E-state index in [-0.39, 0.29) is 6.61 Å². The van der Waals surface area contributed by atoms with Gasteiger partial charge in [0, 0.05) is 4.91 Å². The zero-order valence-electron chi connectivity index (χ0n) is 6.13. The van der Waals surface area contributed by atoms with Crippen LogP contribution in [0.1, 0.15) is 0 Å². The van der Waals surface area contributed by atoms with Gasteiger partial charge in [0.2, 0.25) is 0 Å². The van der Waals surface area contributed by atoms with Gasteiger partial charge in [-0.15, -0.1) is 11.8 Å². The Kier molecular flexibility index (Phi) is 5.08. The highest BCUT2D eigenvalue weighted by atomic mass is 32.2. The molecule has 0 aliphatic carbocycles. The standard InChI is InChI=1S/C8H12OS/c1-4-7(6-9)8(5-2)10-3/h4-5,9H,1-2,6H2,3H3/b8-7-. The summed E-state index contributed by atoms with van der Waals surface area (Å²) in [6, 6.07) is 0. The molecular formula is C8H12OS. The Morgan fingerprint density at radius 1 is 1.50 bits per heavy atom. The molecule has 0 fully saturated rings. The summed E-state index contributed by atoms with van der Waals surface area (Å²) in [4.78, 5) is 0.984. The normalized spacial score (nSPS) is 12.2. The molecule has 0 atom stereocenters. The molecular weight excluding hydrogens is 144 g/mol. The highest BCUT2D eigenvalue weighted by molar-refractivity contribution is 8.02. The lowest BCUT2D eigenvalue weighted by Crippen LogP contribution is -1.88. The smallest absolute Gasteiger partial charge is 0.0692 e. The number of hydrogen-bond donors (Lipinski definition) is 1. The molecule has 1 N–H and O–H groups in total. The van der Waals surface area contributed by atoms with Gasteiger partial charge in [-0.1, -0.05) is 25.3 Å². The number of allylic oxidation sites excluding steroid dienone is 1. The van der Waals surface area contributed by atoms with Crippen LogP contribution in [0.5, 0.6) is 0 Å². The van der Waals surface area contributed by atoms with Gasteiger partial charge in [0.15, 0.2) is 0 Å². The van der Waals surface area contributed by atoms with E-state index in [0.29, 0.717) is 0 Å². The van der Waals surface area contributed by atoms with Crippen LogP contribution in [0.2, 0.25) is 0 Å². The fraction of sp³-hybridized carbons (Fsp3) is 0.250. The van der Waals surface area contributed by atoms with Crippen LogP contribution in [0, 0.1) is 0 Å². The Morgan fingerprint density at radius 2 is 2.10 bits per heavy atom. The minimum atomic E-state index is 0.0334. The largest absolute Gasteiger partial charge is 0.392 e.